The molecule has 0 spiro atoms. The van der Waals surface area contributed by atoms with Crippen molar-refractivity contribution in [1.29, 1.82) is 5.26 Å². The molecule has 92 valence electrons. The highest BCUT2D eigenvalue weighted by Gasteiger charge is 2.07. The average molecular weight is 277 g/mol. The van der Waals surface area contributed by atoms with Crippen LogP contribution in [0.3, 0.4) is 0 Å². The molecule has 2 aromatic rings. The first kappa shape index (κ1) is 13.1. The molecule has 2 nitrogen and oxygen atoms in total. The molecule has 0 amide bonds. The Morgan fingerprint density at radius 2 is 2.17 bits per heavy atom. The van der Waals surface area contributed by atoms with Crippen molar-refractivity contribution >= 4 is 22.9 Å². The zero-order chi connectivity index (χ0) is 13.0. The van der Waals surface area contributed by atoms with Gasteiger partial charge in [0.1, 0.15) is 10.9 Å². The Morgan fingerprint density at radius 1 is 1.33 bits per heavy atom. The summed E-state index contributed by atoms with van der Waals surface area (Å²) in [5.74, 6) is 0. The van der Waals surface area contributed by atoms with Gasteiger partial charge < -0.3 is 5.32 Å². The van der Waals surface area contributed by atoms with Crippen LogP contribution in [0, 0.1) is 11.3 Å². The molecule has 0 bridgehead atoms. The van der Waals surface area contributed by atoms with Crippen LogP contribution < -0.4 is 5.32 Å². The van der Waals surface area contributed by atoms with Gasteiger partial charge >= 0.3 is 0 Å². The highest BCUT2D eigenvalue weighted by atomic mass is 35.5. The lowest BCUT2D eigenvalue weighted by Gasteiger charge is -2.06. The van der Waals surface area contributed by atoms with E-state index in [1.807, 2.05) is 24.3 Å². The minimum Gasteiger partial charge on any atom is -0.313 e. The molecule has 0 fully saturated rings. The number of nitrogens with zero attached hydrogens (tertiary/aromatic N) is 1. The number of rotatable bonds is 4. The van der Waals surface area contributed by atoms with Gasteiger partial charge in [0.2, 0.25) is 0 Å². The van der Waals surface area contributed by atoms with Gasteiger partial charge in [0, 0.05) is 22.0 Å². The van der Waals surface area contributed by atoms with E-state index in [4.69, 9.17) is 16.9 Å². The molecule has 1 N–H and O–H groups in total. The molecule has 1 aromatic carbocycles. The van der Waals surface area contributed by atoms with Gasteiger partial charge in [-0.1, -0.05) is 30.7 Å². The molecule has 0 radical (unpaired) electrons. The maximum Gasteiger partial charge on any atom is 0.110 e. The average Bonchev–Trinajstić information content (AvgIpc) is 2.85. The van der Waals surface area contributed by atoms with Crippen molar-refractivity contribution in [3.8, 4) is 16.5 Å². The molecule has 2 rings (SSSR count). The van der Waals surface area contributed by atoms with Gasteiger partial charge in [0.05, 0.1) is 0 Å². The van der Waals surface area contributed by atoms with Crippen LogP contribution in [-0.4, -0.2) is 6.54 Å². The van der Waals surface area contributed by atoms with Crippen LogP contribution >= 0.6 is 22.9 Å². The normalized spacial score (nSPS) is 10.3. The number of halogens is 1. The zero-order valence-electron chi connectivity index (χ0n) is 10.0. The van der Waals surface area contributed by atoms with E-state index in [1.165, 1.54) is 16.9 Å². The number of hydrogen-bond acceptors (Lipinski definition) is 3. The number of nitrogens with one attached hydrogen (secondary N) is 1. The summed E-state index contributed by atoms with van der Waals surface area (Å²) < 4.78 is 0. The lowest BCUT2D eigenvalue weighted by atomic mass is 10.1. The van der Waals surface area contributed by atoms with Crippen molar-refractivity contribution in [3.63, 3.8) is 0 Å². The summed E-state index contributed by atoms with van der Waals surface area (Å²) in [6, 6.07) is 12.0. The van der Waals surface area contributed by atoms with E-state index in [1.54, 1.807) is 0 Å². The monoisotopic (exact) mass is 276 g/mol. The highest BCUT2D eigenvalue weighted by molar-refractivity contribution is 7.16. The smallest absolute Gasteiger partial charge is 0.110 e. The lowest BCUT2D eigenvalue weighted by Crippen LogP contribution is -2.11. The fourth-order valence-corrected chi connectivity index (χ4v) is 2.88. The largest absolute Gasteiger partial charge is 0.313 e. The van der Waals surface area contributed by atoms with Gasteiger partial charge in [-0.2, -0.15) is 5.26 Å². The van der Waals surface area contributed by atoms with Crippen LogP contribution in [0.15, 0.2) is 30.3 Å². The van der Waals surface area contributed by atoms with Gasteiger partial charge in [-0.15, -0.1) is 11.3 Å². The molecular weight excluding hydrogens is 264 g/mol. The van der Waals surface area contributed by atoms with Crippen molar-refractivity contribution < 1.29 is 0 Å². The minimum absolute atomic E-state index is 0.706. The van der Waals surface area contributed by atoms with Gasteiger partial charge in [-0.3, -0.25) is 0 Å². The van der Waals surface area contributed by atoms with Gasteiger partial charge in [-0.25, -0.2) is 0 Å². The molecule has 0 atom stereocenters. The van der Waals surface area contributed by atoms with Crippen molar-refractivity contribution in [2.24, 2.45) is 0 Å². The maximum absolute atomic E-state index is 8.83. The van der Waals surface area contributed by atoms with E-state index >= 15 is 0 Å². The predicted molar refractivity (Wildman–Crippen MR) is 76.9 cm³/mol. The zero-order valence-corrected chi connectivity index (χ0v) is 11.6. The Bertz CT molecular complexity index is 584. The third kappa shape index (κ3) is 2.91. The fraction of sp³-hybridized carbons (Fsp3) is 0.214. The Hall–Kier alpha value is -1.34. The molecule has 0 aliphatic rings. The molecule has 0 saturated heterocycles. The van der Waals surface area contributed by atoms with Crippen molar-refractivity contribution in [1.82, 2.24) is 5.32 Å². The summed E-state index contributed by atoms with van der Waals surface area (Å²) in [6.45, 7) is 3.84. The third-order valence-electron chi connectivity index (χ3n) is 2.59. The van der Waals surface area contributed by atoms with Crippen LogP contribution in [-0.2, 0) is 6.54 Å². The number of thiophene rings is 1. The highest BCUT2D eigenvalue weighted by Crippen LogP contribution is 2.33. The van der Waals surface area contributed by atoms with Gasteiger partial charge in [-0.05, 0) is 30.3 Å². The quantitative estimate of drug-likeness (QED) is 0.914. The lowest BCUT2D eigenvalue weighted by molar-refractivity contribution is 0.727. The third-order valence-corrected chi connectivity index (χ3v) is 3.93. The molecule has 0 aliphatic carbocycles. The van der Waals surface area contributed by atoms with Crippen molar-refractivity contribution in [2.75, 3.05) is 6.54 Å². The topological polar surface area (TPSA) is 35.8 Å². The predicted octanol–water partition coefficient (Wildman–Crippen LogP) is 4.05. The standard InChI is InChI=1S/C14H13ClN2S/c1-2-17-9-10-3-5-12(13(15)7-10)14-6-4-11(8-16)18-14/h3-7,17H,2,9H2,1H3. The summed E-state index contributed by atoms with van der Waals surface area (Å²) in [7, 11) is 0. The molecule has 0 saturated carbocycles. The van der Waals surface area contributed by atoms with Gasteiger partial charge in [0.25, 0.3) is 0 Å². The molecular formula is C14H13ClN2S. The van der Waals surface area contributed by atoms with E-state index < -0.39 is 0 Å². The fourth-order valence-electron chi connectivity index (χ4n) is 1.68. The van der Waals surface area contributed by atoms with Crippen LogP contribution in [0.1, 0.15) is 17.4 Å². The summed E-state index contributed by atoms with van der Waals surface area (Å²) in [5, 5.41) is 12.8. The van der Waals surface area contributed by atoms with E-state index in [-0.39, 0.29) is 0 Å². The minimum atomic E-state index is 0.706. The molecule has 0 aliphatic heterocycles. The molecule has 1 aromatic heterocycles. The van der Waals surface area contributed by atoms with Crippen LogP contribution in [0.4, 0.5) is 0 Å². The van der Waals surface area contributed by atoms with Crippen LogP contribution in [0.2, 0.25) is 5.02 Å². The van der Waals surface area contributed by atoms with Gasteiger partial charge in [0.15, 0.2) is 0 Å². The van der Waals surface area contributed by atoms with E-state index in [2.05, 4.69) is 24.4 Å². The SMILES string of the molecule is CCNCc1ccc(-c2ccc(C#N)s2)c(Cl)c1. The second kappa shape index (κ2) is 6.01. The summed E-state index contributed by atoms with van der Waals surface area (Å²) in [5.41, 5.74) is 2.16. The van der Waals surface area contributed by atoms with Crippen molar-refractivity contribution in [2.45, 2.75) is 13.5 Å². The number of hydrogen-bond donors (Lipinski definition) is 1. The first-order chi connectivity index (χ1) is 8.74. The van der Waals surface area contributed by atoms with E-state index in [9.17, 15) is 0 Å². The number of benzene rings is 1. The molecule has 18 heavy (non-hydrogen) atoms. The Labute approximate surface area is 116 Å². The maximum atomic E-state index is 8.83. The van der Waals surface area contributed by atoms with E-state index in [0.717, 1.165) is 28.6 Å². The van der Waals surface area contributed by atoms with Crippen LogP contribution in [0.5, 0.6) is 0 Å². The summed E-state index contributed by atoms with van der Waals surface area (Å²) >= 11 is 7.75. The second-order valence-corrected chi connectivity index (χ2v) is 5.36. The Kier molecular flexibility index (Phi) is 4.38. The van der Waals surface area contributed by atoms with Crippen molar-refractivity contribution in [3.05, 3.63) is 45.8 Å². The first-order valence-electron chi connectivity index (χ1n) is 5.74. The molecule has 1 heterocycles. The first-order valence-corrected chi connectivity index (χ1v) is 6.93. The molecule has 0 unspecified atom stereocenters. The number of nitriles is 1. The van der Waals surface area contributed by atoms with E-state index in [0.29, 0.717) is 4.88 Å². The Balaban J connectivity index is 2.27. The Morgan fingerprint density at radius 3 is 2.78 bits per heavy atom. The summed E-state index contributed by atoms with van der Waals surface area (Å²) in [4.78, 5) is 1.74. The molecule has 4 heteroatoms. The second-order valence-electron chi connectivity index (χ2n) is 3.87. The summed E-state index contributed by atoms with van der Waals surface area (Å²) in [6.07, 6.45) is 0. The van der Waals surface area contributed by atoms with Crippen LogP contribution in [0.25, 0.3) is 10.4 Å².